The van der Waals surface area contributed by atoms with Crippen LogP contribution in [0.2, 0.25) is 0 Å². The first kappa shape index (κ1) is 19.3. The Morgan fingerprint density at radius 2 is 1.76 bits per heavy atom. The number of benzene rings is 2. The van der Waals surface area contributed by atoms with Crippen molar-refractivity contribution < 1.29 is 9.21 Å². The standard InChI is InChI=1S/C22H26N4O3/c1-3-24-12-14-25(15-13-24)18-10-8-17(9-11-18)23-21(27)16(2)26-19-6-4-5-7-20(19)29-22(26)28/h4-11,16H,3,12-15H2,1-2H3,(H,23,27)/t16-/m1/s1. The van der Waals surface area contributed by atoms with Gasteiger partial charge >= 0.3 is 5.76 Å². The fourth-order valence-corrected chi connectivity index (χ4v) is 3.79. The molecule has 2 heterocycles. The van der Waals surface area contributed by atoms with Gasteiger partial charge in [-0.3, -0.25) is 9.36 Å². The molecular formula is C22H26N4O3. The third-order valence-electron chi connectivity index (χ3n) is 5.60. The minimum atomic E-state index is -0.687. The van der Waals surface area contributed by atoms with Crippen molar-refractivity contribution in [3.8, 4) is 0 Å². The number of nitrogens with zero attached hydrogens (tertiary/aromatic N) is 3. The van der Waals surface area contributed by atoms with E-state index >= 15 is 0 Å². The minimum absolute atomic E-state index is 0.261. The summed E-state index contributed by atoms with van der Waals surface area (Å²) in [5, 5.41) is 2.90. The molecule has 1 aliphatic heterocycles. The first-order valence-electron chi connectivity index (χ1n) is 10.0. The molecule has 1 saturated heterocycles. The van der Waals surface area contributed by atoms with Crippen LogP contribution in [0.15, 0.2) is 57.7 Å². The number of fused-ring (bicyclic) bond motifs is 1. The fourth-order valence-electron chi connectivity index (χ4n) is 3.79. The molecule has 29 heavy (non-hydrogen) atoms. The summed E-state index contributed by atoms with van der Waals surface area (Å²) < 4.78 is 6.62. The highest BCUT2D eigenvalue weighted by atomic mass is 16.4. The highest BCUT2D eigenvalue weighted by Gasteiger charge is 2.21. The van der Waals surface area contributed by atoms with Gasteiger partial charge in [-0.1, -0.05) is 19.1 Å². The van der Waals surface area contributed by atoms with Crippen LogP contribution in [0.1, 0.15) is 19.9 Å². The van der Waals surface area contributed by atoms with Gasteiger partial charge in [0.1, 0.15) is 6.04 Å². The molecule has 2 aromatic carbocycles. The van der Waals surface area contributed by atoms with Gasteiger partial charge in [-0.15, -0.1) is 0 Å². The molecule has 0 radical (unpaired) electrons. The van der Waals surface area contributed by atoms with E-state index in [1.807, 2.05) is 30.3 Å². The van der Waals surface area contributed by atoms with Crippen LogP contribution in [-0.2, 0) is 4.79 Å². The number of carbonyl (C=O) groups excluding carboxylic acids is 1. The summed E-state index contributed by atoms with van der Waals surface area (Å²) in [5.74, 6) is -0.793. The minimum Gasteiger partial charge on any atom is -0.408 e. The Balaban J connectivity index is 1.44. The van der Waals surface area contributed by atoms with E-state index < -0.39 is 11.8 Å². The van der Waals surface area contributed by atoms with Crippen molar-refractivity contribution in [2.24, 2.45) is 0 Å². The van der Waals surface area contributed by atoms with Crippen LogP contribution in [0.3, 0.4) is 0 Å². The zero-order chi connectivity index (χ0) is 20.4. The molecular weight excluding hydrogens is 368 g/mol. The van der Waals surface area contributed by atoms with Gasteiger partial charge in [0.15, 0.2) is 5.58 Å². The van der Waals surface area contributed by atoms with Gasteiger partial charge in [0.2, 0.25) is 5.91 Å². The summed E-state index contributed by atoms with van der Waals surface area (Å²) in [6.07, 6.45) is 0. The molecule has 1 atom stereocenters. The predicted molar refractivity (Wildman–Crippen MR) is 115 cm³/mol. The summed E-state index contributed by atoms with van der Waals surface area (Å²) in [6, 6.07) is 14.3. The molecule has 0 bridgehead atoms. The Hall–Kier alpha value is -3.06. The lowest BCUT2D eigenvalue weighted by molar-refractivity contribution is -0.118. The Labute approximate surface area is 169 Å². The first-order chi connectivity index (χ1) is 14.1. The molecule has 152 valence electrons. The van der Waals surface area contributed by atoms with Gasteiger partial charge in [-0.25, -0.2) is 4.79 Å². The Bertz CT molecular complexity index is 1050. The van der Waals surface area contributed by atoms with Gasteiger partial charge < -0.3 is 19.5 Å². The van der Waals surface area contributed by atoms with E-state index in [-0.39, 0.29) is 5.91 Å². The lowest BCUT2D eigenvalue weighted by atomic mass is 10.2. The Morgan fingerprint density at radius 3 is 2.45 bits per heavy atom. The van der Waals surface area contributed by atoms with Crippen molar-refractivity contribution in [3.05, 3.63) is 59.1 Å². The summed E-state index contributed by atoms with van der Waals surface area (Å²) in [6.45, 7) is 9.13. The molecule has 1 fully saturated rings. The third kappa shape index (κ3) is 3.91. The number of anilines is 2. The van der Waals surface area contributed by atoms with Gasteiger partial charge in [0.05, 0.1) is 5.52 Å². The molecule has 7 heteroatoms. The van der Waals surface area contributed by atoms with Crippen molar-refractivity contribution in [1.82, 2.24) is 9.47 Å². The van der Waals surface area contributed by atoms with Crippen LogP contribution >= 0.6 is 0 Å². The second-order valence-electron chi connectivity index (χ2n) is 7.34. The summed E-state index contributed by atoms with van der Waals surface area (Å²) in [7, 11) is 0. The number of rotatable bonds is 5. The van der Waals surface area contributed by atoms with Gasteiger partial charge in [0, 0.05) is 37.6 Å². The number of carbonyl (C=O) groups is 1. The predicted octanol–water partition coefficient (Wildman–Crippen LogP) is 2.94. The zero-order valence-corrected chi connectivity index (χ0v) is 16.8. The summed E-state index contributed by atoms with van der Waals surface area (Å²) in [5.41, 5.74) is 2.95. The van der Waals surface area contributed by atoms with Crippen LogP contribution in [0.5, 0.6) is 0 Å². The van der Waals surface area contributed by atoms with E-state index in [1.54, 1.807) is 25.1 Å². The molecule has 3 aromatic rings. The summed E-state index contributed by atoms with van der Waals surface area (Å²) >= 11 is 0. The van der Waals surface area contributed by atoms with Crippen LogP contribution in [0, 0.1) is 0 Å². The largest absolute Gasteiger partial charge is 0.420 e. The maximum Gasteiger partial charge on any atom is 0.420 e. The second-order valence-corrected chi connectivity index (χ2v) is 7.34. The SMILES string of the molecule is CCN1CCN(c2ccc(NC(=O)[C@@H](C)n3c(=O)oc4ccccc43)cc2)CC1. The second kappa shape index (κ2) is 8.13. The van der Waals surface area contributed by atoms with Crippen LogP contribution in [-0.4, -0.2) is 48.1 Å². The van der Waals surface area contributed by atoms with Crippen LogP contribution in [0.4, 0.5) is 11.4 Å². The van der Waals surface area contributed by atoms with Crippen molar-refractivity contribution >= 4 is 28.4 Å². The van der Waals surface area contributed by atoms with E-state index in [1.165, 1.54) is 4.57 Å². The van der Waals surface area contributed by atoms with Crippen LogP contribution < -0.4 is 16.0 Å². The molecule has 0 aliphatic carbocycles. The van der Waals surface area contributed by atoms with Crippen molar-refractivity contribution in [2.75, 3.05) is 42.9 Å². The van der Waals surface area contributed by atoms with Gasteiger partial charge in [0.25, 0.3) is 0 Å². The number of para-hydroxylation sites is 2. The monoisotopic (exact) mass is 394 g/mol. The highest BCUT2D eigenvalue weighted by molar-refractivity contribution is 5.94. The van der Waals surface area contributed by atoms with E-state index in [4.69, 9.17) is 4.42 Å². The number of aromatic nitrogens is 1. The Morgan fingerprint density at radius 1 is 1.07 bits per heavy atom. The topological polar surface area (TPSA) is 70.7 Å². The van der Waals surface area contributed by atoms with E-state index in [0.29, 0.717) is 16.8 Å². The number of amides is 1. The first-order valence-corrected chi connectivity index (χ1v) is 10.0. The normalized spacial score (nSPS) is 16.1. The summed E-state index contributed by atoms with van der Waals surface area (Å²) in [4.78, 5) is 29.7. The molecule has 0 unspecified atom stereocenters. The molecule has 1 N–H and O–H groups in total. The smallest absolute Gasteiger partial charge is 0.408 e. The number of oxazole rings is 1. The van der Waals surface area contributed by atoms with Gasteiger partial charge in [-0.2, -0.15) is 0 Å². The Kier molecular flexibility index (Phi) is 5.40. The third-order valence-corrected chi connectivity index (χ3v) is 5.60. The average Bonchev–Trinajstić information content (AvgIpc) is 3.09. The van der Waals surface area contributed by atoms with E-state index in [2.05, 4.69) is 22.0 Å². The molecule has 4 rings (SSSR count). The number of nitrogens with one attached hydrogen (secondary N) is 1. The molecule has 1 amide bonds. The lowest BCUT2D eigenvalue weighted by Gasteiger charge is -2.35. The van der Waals surface area contributed by atoms with E-state index in [0.717, 1.165) is 38.4 Å². The van der Waals surface area contributed by atoms with Crippen molar-refractivity contribution in [1.29, 1.82) is 0 Å². The van der Waals surface area contributed by atoms with Gasteiger partial charge in [-0.05, 0) is 49.9 Å². The molecule has 7 nitrogen and oxygen atoms in total. The fraction of sp³-hybridized carbons (Fsp3) is 0.364. The number of piperazine rings is 1. The maximum atomic E-state index is 12.7. The zero-order valence-electron chi connectivity index (χ0n) is 16.8. The van der Waals surface area contributed by atoms with E-state index in [9.17, 15) is 9.59 Å². The van der Waals surface area contributed by atoms with Crippen molar-refractivity contribution in [2.45, 2.75) is 19.9 Å². The molecule has 1 aliphatic rings. The number of likely N-dealkylation sites (N-methyl/N-ethyl adjacent to an activating group) is 1. The molecule has 1 aromatic heterocycles. The maximum absolute atomic E-state index is 12.7. The van der Waals surface area contributed by atoms with Crippen LogP contribution in [0.25, 0.3) is 11.1 Å². The molecule has 0 spiro atoms. The average molecular weight is 394 g/mol. The molecule has 0 saturated carbocycles. The highest BCUT2D eigenvalue weighted by Crippen LogP contribution is 2.21. The van der Waals surface area contributed by atoms with Crippen molar-refractivity contribution in [3.63, 3.8) is 0 Å². The number of hydrogen-bond donors (Lipinski definition) is 1. The quantitative estimate of drug-likeness (QED) is 0.721. The number of hydrogen-bond acceptors (Lipinski definition) is 5. The lowest BCUT2D eigenvalue weighted by Crippen LogP contribution is -2.46.